The molecule has 25 heavy (non-hydrogen) atoms. The monoisotopic (exact) mass is 357 g/mol. The zero-order valence-electron chi connectivity index (χ0n) is 13.8. The van der Waals surface area contributed by atoms with Crippen molar-refractivity contribution in [3.8, 4) is 0 Å². The van der Waals surface area contributed by atoms with E-state index in [4.69, 9.17) is 11.6 Å². The molecule has 1 aliphatic heterocycles. The van der Waals surface area contributed by atoms with Gasteiger partial charge in [-0.1, -0.05) is 41.9 Å². The van der Waals surface area contributed by atoms with E-state index in [9.17, 15) is 9.59 Å². The average Bonchev–Trinajstić information content (AvgIpc) is 2.66. The Kier molecular flexibility index (Phi) is 5.56. The number of carbonyl (C=O) groups excluding carboxylic acids is 2. The van der Waals surface area contributed by atoms with Gasteiger partial charge >= 0.3 is 6.03 Å². The first-order chi connectivity index (χ1) is 12.1. The van der Waals surface area contributed by atoms with Gasteiger partial charge in [-0.3, -0.25) is 4.79 Å². The van der Waals surface area contributed by atoms with Crippen LogP contribution in [0.5, 0.6) is 0 Å². The van der Waals surface area contributed by atoms with E-state index in [1.165, 1.54) is 0 Å². The van der Waals surface area contributed by atoms with Crippen molar-refractivity contribution in [3.63, 3.8) is 0 Å². The van der Waals surface area contributed by atoms with Crippen LogP contribution in [0.15, 0.2) is 54.6 Å². The number of hydrogen-bond donors (Lipinski definition) is 1. The molecule has 0 aliphatic carbocycles. The summed E-state index contributed by atoms with van der Waals surface area (Å²) in [5.74, 6) is 0.0135. The van der Waals surface area contributed by atoms with Crippen LogP contribution in [0.2, 0.25) is 5.02 Å². The van der Waals surface area contributed by atoms with Gasteiger partial charge in [-0.05, 0) is 29.8 Å². The Balaban J connectivity index is 1.48. The molecule has 0 bridgehead atoms. The Morgan fingerprint density at radius 3 is 2.28 bits per heavy atom. The number of amides is 3. The standard InChI is InChI=1S/C19H20ClN3O2/c20-17-8-4-5-15(13-17)14-21-19(25)23-11-9-22(10-12-23)18(24)16-6-2-1-3-7-16/h1-8,13H,9-12,14H2,(H,21,25). The highest BCUT2D eigenvalue weighted by molar-refractivity contribution is 6.30. The van der Waals surface area contributed by atoms with Crippen molar-refractivity contribution in [2.24, 2.45) is 0 Å². The fourth-order valence-corrected chi connectivity index (χ4v) is 3.03. The molecule has 2 aromatic rings. The maximum Gasteiger partial charge on any atom is 0.317 e. The number of nitrogens with one attached hydrogen (secondary N) is 1. The van der Waals surface area contributed by atoms with Gasteiger partial charge in [0.05, 0.1) is 0 Å². The number of hydrogen-bond acceptors (Lipinski definition) is 2. The van der Waals surface area contributed by atoms with Crippen LogP contribution in [-0.2, 0) is 6.54 Å². The Labute approximate surface area is 152 Å². The Bertz CT molecular complexity index is 743. The van der Waals surface area contributed by atoms with E-state index in [-0.39, 0.29) is 11.9 Å². The van der Waals surface area contributed by atoms with E-state index in [1.807, 2.05) is 48.5 Å². The van der Waals surface area contributed by atoms with Crippen molar-refractivity contribution < 1.29 is 9.59 Å². The third-order valence-corrected chi connectivity index (χ3v) is 4.44. The molecule has 3 amide bonds. The Morgan fingerprint density at radius 1 is 0.920 bits per heavy atom. The maximum atomic E-state index is 12.4. The molecular formula is C19H20ClN3O2. The third kappa shape index (κ3) is 4.51. The van der Waals surface area contributed by atoms with Gasteiger partial charge in [0.1, 0.15) is 0 Å². The zero-order valence-corrected chi connectivity index (χ0v) is 14.6. The summed E-state index contributed by atoms with van der Waals surface area (Å²) in [4.78, 5) is 28.2. The molecule has 1 fully saturated rings. The van der Waals surface area contributed by atoms with Crippen LogP contribution in [0.1, 0.15) is 15.9 Å². The van der Waals surface area contributed by atoms with E-state index in [0.717, 1.165) is 5.56 Å². The van der Waals surface area contributed by atoms with E-state index in [2.05, 4.69) is 5.32 Å². The average molecular weight is 358 g/mol. The third-order valence-electron chi connectivity index (χ3n) is 4.21. The maximum absolute atomic E-state index is 12.4. The van der Waals surface area contributed by atoms with Crippen molar-refractivity contribution in [1.29, 1.82) is 0 Å². The highest BCUT2D eigenvalue weighted by Crippen LogP contribution is 2.11. The summed E-state index contributed by atoms with van der Waals surface area (Å²) < 4.78 is 0. The number of carbonyl (C=O) groups is 2. The molecule has 1 N–H and O–H groups in total. The van der Waals surface area contributed by atoms with Crippen LogP contribution < -0.4 is 5.32 Å². The molecule has 0 unspecified atom stereocenters. The van der Waals surface area contributed by atoms with Crippen molar-refractivity contribution >= 4 is 23.5 Å². The molecule has 2 aromatic carbocycles. The summed E-state index contributed by atoms with van der Waals surface area (Å²) in [6.45, 7) is 2.57. The molecule has 1 saturated heterocycles. The van der Waals surface area contributed by atoms with Crippen molar-refractivity contribution in [2.45, 2.75) is 6.54 Å². The Morgan fingerprint density at radius 2 is 1.60 bits per heavy atom. The van der Waals surface area contributed by atoms with Crippen LogP contribution in [0.25, 0.3) is 0 Å². The first-order valence-electron chi connectivity index (χ1n) is 8.25. The zero-order chi connectivity index (χ0) is 17.6. The van der Waals surface area contributed by atoms with Crippen LogP contribution in [-0.4, -0.2) is 47.9 Å². The number of piperazine rings is 1. The van der Waals surface area contributed by atoms with Crippen molar-refractivity contribution in [2.75, 3.05) is 26.2 Å². The molecule has 1 aliphatic rings. The second-order valence-electron chi connectivity index (χ2n) is 5.93. The summed E-state index contributed by atoms with van der Waals surface area (Å²) in [5, 5.41) is 3.55. The number of benzene rings is 2. The predicted octanol–water partition coefficient (Wildman–Crippen LogP) is 3.01. The van der Waals surface area contributed by atoms with Crippen LogP contribution in [0, 0.1) is 0 Å². The van der Waals surface area contributed by atoms with E-state index >= 15 is 0 Å². The van der Waals surface area contributed by atoms with Gasteiger partial charge in [-0.25, -0.2) is 4.79 Å². The first-order valence-corrected chi connectivity index (χ1v) is 8.63. The van der Waals surface area contributed by atoms with Gasteiger partial charge in [0.25, 0.3) is 5.91 Å². The second-order valence-corrected chi connectivity index (χ2v) is 6.37. The first kappa shape index (κ1) is 17.3. The molecule has 5 nitrogen and oxygen atoms in total. The molecule has 0 radical (unpaired) electrons. The summed E-state index contributed by atoms with van der Waals surface area (Å²) in [6, 6.07) is 16.5. The summed E-state index contributed by atoms with van der Waals surface area (Å²) in [7, 11) is 0. The van der Waals surface area contributed by atoms with E-state index in [0.29, 0.717) is 43.3 Å². The number of halogens is 1. The molecule has 0 spiro atoms. The summed E-state index contributed by atoms with van der Waals surface area (Å²) >= 11 is 5.94. The van der Waals surface area contributed by atoms with Crippen LogP contribution >= 0.6 is 11.6 Å². The van der Waals surface area contributed by atoms with Gasteiger partial charge in [0.2, 0.25) is 0 Å². The predicted molar refractivity (Wildman–Crippen MR) is 97.6 cm³/mol. The van der Waals surface area contributed by atoms with Gasteiger partial charge in [0.15, 0.2) is 0 Å². The highest BCUT2D eigenvalue weighted by atomic mass is 35.5. The quantitative estimate of drug-likeness (QED) is 0.918. The minimum Gasteiger partial charge on any atom is -0.335 e. The minimum atomic E-state index is -0.119. The number of rotatable bonds is 3. The fraction of sp³-hybridized carbons (Fsp3) is 0.263. The number of nitrogens with zero attached hydrogens (tertiary/aromatic N) is 2. The lowest BCUT2D eigenvalue weighted by Crippen LogP contribution is -2.53. The minimum absolute atomic E-state index is 0.0135. The van der Waals surface area contributed by atoms with Crippen molar-refractivity contribution in [3.05, 3.63) is 70.7 Å². The lowest BCUT2D eigenvalue weighted by Gasteiger charge is -2.34. The Hall–Kier alpha value is -2.53. The highest BCUT2D eigenvalue weighted by Gasteiger charge is 2.24. The second kappa shape index (κ2) is 8.03. The van der Waals surface area contributed by atoms with E-state index < -0.39 is 0 Å². The topological polar surface area (TPSA) is 52.7 Å². The lowest BCUT2D eigenvalue weighted by atomic mass is 10.2. The summed E-state index contributed by atoms with van der Waals surface area (Å²) in [6.07, 6.45) is 0. The largest absolute Gasteiger partial charge is 0.335 e. The normalized spacial score (nSPS) is 14.3. The van der Waals surface area contributed by atoms with Gasteiger partial charge < -0.3 is 15.1 Å². The molecule has 6 heteroatoms. The SMILES string of the molecule is O=C(NCc1cccc(Cl)c1)N1CCN(C(=O)c2ccccc2)CC1. The smallest absolute Gasteiger partial charge is 0.317 e. The van der Waals surface area contributed by atoms with E-state index in [1.54, 1.807) is 15.9 Å². The number of urea groups is 1. The van der Waals surface area contributed by atoms with Gasteiger partial charge in [0, 0.05) is 43.3 Å². The molecular weight excluding hydrogens is 338 g/mol. The molecule has 0 atom stereocenters. The summed E-state index contributed by atoms with van der Waals surface area (Å²) in [5.41, 5.74) is 1.64. The van der Waals surface area contributed by atoms with Crippen molar-refractivity contribution in [1.82, 2.24) is 15.1 Å². The molecule has 1 heterocycles. The van der Waals surface area contributed by atoms with Gasteiger partial charge in [-0.2, -0.15) is 0 Å². The lowest BCUT2D eigenvalue weighted by molar-refractivity contribution is 0.0665. The fourth-order valence-electron chi connectivity index (χ4n) is 2.81. The van der Waals surface area contributed by atoms with Crippen LogP contribution in [0.4, 0.5) is 4.79 Å². The molecule has 0 aromatic heterocycles. The molecule has 130 valence electrons. The molecule has 0 saturated carbocycles. The van der Waals surface area contributed by atoms with Crippen LogP contribution in [0.3, 0.4) is 0 Å². The van der Waals surface area contributed by atoms with Gasteiger partial charge in [-0.15, -0.1) is 0 Å². The molecule has 3 rings (SSSR count).